The third kappa shape index (κ3) is 3.61. The molecule has 1 aromatic carbocycles. The molecule has 0 radical (unpaired) electrons. The van der Waals surface area contributed by atoms with E-state index in [1.165, 1.54) is 6.42 Å². The fourth-order valence-corrected chi connectivity index (χ4v) is 3.57. The minimum Gasteiger partial charge on any atom is -0.493 e. The molecule has 1 aliphatic heterocycles. The van der Waals surface area contributed by atoms with Gasteiger partial charge < -0.3 is 15.2 Å². The fraction of sp³-hybridized carbons (Fsp3) is 0.611. The molecule has 3 rings (SSSR count). The van der Waals surface area contributed by atoms with Gasteiger partial charge in [0.15, 0.2) is 0 Å². The molecule has 0 saturated heterocycles. The first-order chi connectivity index (χ1) is 10.7. The van der Waals surface area contributed by atoms with Crippen LogP contribution in [0.25, 0.3) is 0 Å². The molecule has 0 unspecified atom stereocenters. The summed E-state index contributed by atoms with van der Waals surface area (Å²) in [5.41, 5.74) is 0.432. The molecule has 1 aromatic rings. The van der Waals surface area contributed by atoms with Gasteiger partial charge in [-0.3, -0.25) is 4.79 Å². The van der Waals surface area contributed by atoms with Gasteiger partial charge in [-0.25, -0.2) is 0 Å². The van der Waals surface area contributed by atoms with E-state index in [1.54, 1.807) is 0 Å². The highest BCUT2D eigenvalue weighted by molar-refractivity contribution is 5.77. The van der Waals surface area contributed by atoms with E-state index in [0.717, 1.165) is 43.4 Å². The molecule has 1 heterocycles. The van der Waals surface area contributed by atoms with E-state index in [4.69, 9.17) is 4.74 Å². The van der Waals surface area contributed by atoms with Gasteiger partial charge in [0.05, 0.1) is 12.2 Å². The maximum atomic E-state index is 12.2. The van der Waals surface area contributed by atoms with E-state index in [0.29, 0.717) is 19.6 Å². The minimum absolute atomic E-state index is 0.0284. The van der Waals surface area contributed by atoms with Gasteiger partial charge in [0.2, 0.25) is 5.91 Å². The molecule has 4 nitrogen and oxygen atoms in total. The molecule has 4 heteroatoms. The van der Waals surface area contributed by atoms with E-state index in [2.05, 4.69) is 5.32 Å². The largest absolute Gasteiger partial charge is 0.493 e. The number of fused-ring (bicyclic) bond motifs is 1. The molecule has 1 amide bonds. The van der Waals surface area contributed by atoms with E-state index in [-0.39, 0.29) is 11.8 Å². The Kier molecular flexibility index (Phi) is 4.67. The summed E-state index contributed by atoms with van der Waals surface area (Å²) in [6.45, 7) is 1.05. The normalized spacial score (nSPS) is 23.2. The Bertz CT molecular complexity index is 523. The van der Waals surface area contributed by atoms with Crippen LogP contribution in [0.15, 0.2) is 24.3 Å². The SMILES string of the molecule is O=C(C[C@H]1CCOc2ccccc21)NCC1(O)CCCCC1. The Morgan fingerprint density at radius 3 is 2.86 bits per heavy atom. The predicted molar refractivity (Wildman–Crippen MR) is 85.0 cm³/mol. The summed E-state index contributed by atoms with van der Waals surface area (Å²) in [4.78, 5) is 12.2. The van der Waals surface area contributed by atoms with Crippen molar-refractivity contribution in [2.24, 2.45) is 0 Å². The first-order valence-electron chi connectivity index (χ1n) is 8.37. The summed E-state index contributed by atoms with van der Waals surface area (Å²) >= 11 is 0. The predicted octanol–water partition coefficient (Wildman–Crippen LogP) is 2.75. The lowest BCUT2D eigenvalue weighted by Crippen LogP contribution is -2.44. The first-order valence-corrected chi connectivity index (χ1v) is 8.37. The molecule has 1 atom stereocenters. The number of aliphatic hydroxyl groups is 1. The van der Waals surface area contributed by atoms with Gasteiger partial charge in [-0.15, -0.1) is 0 Å². The number of benzene rings is 1. The molecule has 2 aliphatic rings. The minimum atomic E-state index is -0.693. The van der Waals surface area contributed by atoms with Crippen molar-refractivity contribution >= 4 is 5.91 Å². The zero-order valence-electron chi connectivity index (χ0n) is 13.0. The topological polar surface area (TPSA) is 58.6 Å². The highest BCUT2D eigenvalue weighted by atomic mass is 16.5. The van der Waals surface area contributed by atoms with E-state index in [9.17, 15) is 9.90 Å². The summed E-state index contributed by atoms with van der Waals surface area (Å²) in [6.07, 6.45) is 6.24. The average molecular weight is 303 g/mol. The number of ether oxygens (including phenoxy) is 1. The Hall–Kier alpha value is -1.55. The van der Waals surface area contributed by atoms with Gasteiger partial charge in [-0.1, -0.05) is 37.5 Å². The number of amides is 1. The lowest BCUT2D eigenvalue weighted by molar-refractivity contribution is -0.123. The van der Waals surface area contributed by atoms with Crippen molar-refractivity contribution in [2.75, 3.05) is 13.2 Å². The van der Waals surface area contributed by atoms with E-state index < -0.39 is 5.60 Å². The van der Waals surface area contributed by atoms with Gasteiger partial charge in [-0.05, 0) is 36.8 Å². The summed E-state index contributed by atoms with van der Waals surface area (Å²) in [5.74, 6) is 1.14. The lowest BCUT2D eigenvalue weighted by atomic mass is 9.84. The molecule has 0 bridgehead atoms. The molecule has 22 heavy (non-hydrogen) atoms. The number of hydrogen-bond acceptors (Lipinski definition) is 3. The van der Waals surface area contributed by atoms with Crippen LogP contribution in [0, 0.1) is 0 Å². The van der Waals surface area contributed by atoms with Crippen LogP contribution in [-0.2, 0) is 4.79 Å². The van der Waals surface area contributed by atoms with Crippen molar-refractivity contribution in [3.8, 4) is 5.75 Å². The molecule has 120 valence electrons. The third-order valence-electron chi connectivity index (χ3n) is 4.91. The summed E-state index contributed by atoms with van der Waals surface area (Å²) < 4.78 is 5.63. The van der Waals surface area contributed by atoms with Crippen molar-refractivity contribution in [2.45, 2.75) is 56.5 Å². The monoisotopic (exact) mass is 303 g/mol. The molecule has 0 spiro atoms. The van der Waals surface area contributed by atoms with Crippen LogP contribution in [0.4, 0.5) is 0 Å². The van der Waals surface area contributed by atoms with Gasteiger partial charge in [0.1, 0.15) is 5.75 Å². The Labute approximate surface area is 131 Å². The molecule has 1 fully saturated rings. The third-order valence-corrected chi connectivity index (χ3v) is 4.91. The number of carbonyl (C=O) groups is 1. The highest BCUT2D eigenvalue weighted by Gasteiger charge is 2.30. The van der Waals surface area contributed by atoms with Gasteiger partial charge in [0.25, 0.3) is 0 Å². The average Bonchev–Trinajstić information content (AvgIpc) is 2.54. The van der Waals surface area contributed by atoms with Gasteiger partial charge >= 0.3 is 0 Å². The van der Waals surface area contributed by atoms with Crippen molar-refractivity contribution < 1.29 is 14.6 Å². The second-order valence-electron chi connectivity index (χ2n) is 6.64. The number of rotatable bonds is 4. The molecular weight excluding hydrogens is 278 g/mol. The highest BCUT2D eigenvalue weighted by Crippen LogP contribution is 2.35. The van der Waals surface area contributed by atoms with Crippen molar-refractivity contribution in [3.05, 3.63) is 29.8 Å². The Balaban J connectivity index is 1.54. The molecular formula is C18H25NO3. The maximum absolute atomic E-state index is 12.2. The fourth-order valence-electron chi connectivity index (χ4n) is 3.57. The van der Waals surface area contributed by atoms with Gasteiger partial charge in [0, 0.05) is 13.0 Å². The van der Waals surface area contributed by atoms with Crippen LogP contribution in [0.1, 0.15) is 56.4 Å². The van der Waals surface area contributed by atoms with Crippen LogP contribution in [-0.4, -0.2) is 29.8 Å². The van der Waals surface area contributed by atoms with Crippen molar-refractivity contribution in [1.29, 1.82) is 0 Å². The maximum Gasteiger partial charge on any atom is 0.220 e. The van der Waals surface area contributed by atoms with Crippen molar-refractivity contribution in [1.82, 2.24) is 5.32 Å². The zero-order chi connectivity index (χ0) is 15.4. The first kappa shape index (κ1) is 15.3. The standard InChI is InChI=1S/C18H25NO3/c20-17(19-13-18(21)9-4-1-5-10-18)12-14-8-11-22-16-7-3-2-6-15(14)16/h2-3,6-7,14,21H,1,4-5,8-13H2,(H,19,20)/t14-/m1/s1. The molecule has 1 aliphatic carbocycles. The molecule has 1 saturated carbocycles. The molecule has 2 N–H and O–H groups in total. The Morgan fingerprint density at radius 2 is 2.05 bits per heavy atom. The second-order valence-corrected chi connectivity index (χ2v) is 6.64. The summed E-state index contributed by atoms with van der Waals surface area (Å²) in [7, 11) is 0. The lowest BCUT2D eigenvalue weighted by Gasteiger charge is -2.32. The van der Waals surface area contributed by atoms with Crippen LogP contribution in [0.5, 0.6) is 5.75 Å². The number of para-hydroxylation sites is 1. The molecule has 0 aromatic heterocycles. The van der Waals surface area contributed by atoms with Crippen LogP contribution in [0.3, 0.4) is 0 Å². The Morgan fingerprint density at radius 1 is 1.27 bits per heavy atom. The summed E-state index contributed by atoms with van der Waals surface area (Å²) in [6, 6.07) is 7.95. The number of hydrogen-bond donors (Lipinski definition) is 2. The van der Waals surface area contributed by atoms with Crippen LogP contribution >= 0.6 is 0 Å². The smallest absolute Gasteiger partial charge is 0.220 e. The van der Waals surface area contributed by atoms with Crippen LogP contribution < -0.4 is 10.1 Å². The summed E-state index contributed by atoms with van der Waals surface area (Å²) in [5, 5.41) is 13.4. The van der Waals surface area contributed by atoms with Crippen LogP contribution in [0.2, 0.25) is 0 Å². The van der Waals surface area contributed by atoms with Gasteiger partial charge in [-0.2, -0.15) is 0 Å². The zero-order valence-corrected chi connectivity index (χ0v) is 13.0. The second kappa shape index (κ2) is 6.69. The van der Waals surface area contributed by atoms with E-state index >= 15 is 0 Å². The van der Waals surface area contributed by atoms with Crippen molar-refractivity contribution in [3.63, 3.8) is 0 Å². The quantitative estimate of drug-likeness (QED) is 0.899. The van der Waals surface area contributed by atoms with E-state index in [1.807, 2.05) is 24.3 Å². The number of nitrogens with one attached hydrogen (secondary N) is 1. The number of carbonyl (C=O) groups excluding carboxylic acids is 1.